The molecule has 0 aliphatic carbocycles. The molecule has 1 aliphatic heterocycles. The molecule has 0 bridgehead atoms. The van der Waals surface area contributed by atoms with E-state index in [9.17, 15) is 4.79 Å². The highest BCUT2D eigenvalue weighted by Gasteiger charge is 2.21. The van der Waals surface area contributed by atoms with E-state index in [0.29, 0.717) is 12.5 Å². The van der Waals surface area contributed by atoms with Gasteiger partial charge < -0.3 is 20.3 Å². The Balaban J connectivity index is 1.56. The zero-order valence-corrected chi connectivity index (χ0v) is 15.9. The van der Waals surface area contributed by atoms with Crippen molar-refractivity contribution >= 4 is 17.6 Å². The molecule has 6 nitrogen and oxygen atoms in total. The number of hydrogen-bond donors (Lipinski definition) is 2. The number of fused-ring (bicyclic) bond motifs is 1. The van der Waals surface area contributed by atoms with Crippen LogP contribution >= 0.6 is 0 Å². The van der Waals surface area contributed by atoms with Crippen LogP contribution in [-0.2, 0) is 17.8 Å². The Morgan fingerprint density at radius 3 is 2.74 bits per heavy atom. The molecule has 0 spiro atoms. The molecular formula is C21H26N4O2. The summed E-state index contributed by atoms with van der Waals surface area (Å²) in [7, 11) is 3.35. The molecule has 142 valence electrons. The van der Waals surface area contributed by atoms with Crippen LogP contribution in [0.2, 0.25) is 0 Å². The molecule has 1 amide bonds. The highest BCUT2D eigenvalue weighted by Crippen LogP contribution is 2.26. The second-order valence-electron chi connectivity index (χ2n) is 6.37. The van der Waals surface area contributed by atoms with E-state index in [2.05, 4.69) is 21.7 Å². The molecule has 0 radical (unpaired) electrons. The Labute approximate surface area is 160 Å². The summed E-state index contributed by atoms with van der Waals surface area (Å²) in [5.74, 6) is 1.45. The number of nitrogens with one attached hydrogen (secondary N) is 2. The summed E-state index contributed by atoms with van der Waals surface area (Å²) in [5, 5.41) is 6.34. The van der Waals surface area contributed by atoms with E-state index < -0.39 is 0 Å². The Morgan fingerprint density at radius 2 is 1.93 bits per heavy atom. The highest BCUT2D eigenvalue weighted by molar-refractivity contribution is 5.98. The van der Waals surface area contributed by atoms with Crippen LogP contribution in [-0.4, -0.2) is 39.1 Å². The van der Waals surface area contributed by atoms with E-state index in [1.807, 2.05) is 47.4 Å². The Kier molecular flexibility index (Phi) is 6.30. The predicted octanol–water partition coefficient (Wildman–Crippen LogP) is 2.34. The number of nitrogens with zero attached hydrogens (tertiary/aromatic N) is 2. The third-order valence-corrected chi connectivity index (χ3v) is 4.68. The summed E-state index contributed by atoms with van der Waals surface area (Å²) in [6, 6.07) is 15.9. The number of para-hydroxylation sites is 2. The van der Waals surface area contributed by atoms with Crippen molar-refractivity contribution in [3.05, 3.63) is 59.7 Å². The molecule has 6 heteroatoms. The molecule has 0 saturated heterocycles. The number of benzene rings is 2. The molecule has 0 aromatic heterocycles. The van der Waals surface area contributed by atoms with Gasteiger partial charge in [0.05, 0.1) is 13.7 Å². The zero-order valence-electron chi connectivity index (χ0n) is 15.9. The highest BCUT2D eigenvalue weighted by atomic mass is 16.5. The fourth-order valence-corrected chi connectivity index (χ4v) is 3.30. The molecule has 2 aromatic carbocycles. The van der Waals surface area contributed by atoms with E-state index in [1.54, 1.807) is 14.2 Å². The molecule has 1 heterocycles. The van der Waals surface area contributed by atoms with Gasteiger partial charge in [0.15, 0.2) is 5.96 Å². The average Bonchev–Trinajstić information content (AvgIpc) is 2.73. The maximum absolute atomic E-state index is 12.7. The number of amides is 1. The number of anilines is 1. The molecule has 2 aromatic rings. The average molecular weight is 366 g/mol. The number of ether oxygens (including phenoxy) is 1. The summed E-state index contributed by atoms with van der Waals surface area (Å²) in [6.45, 7) is 1.51. The van der Waals surface area contributed by atoms with Gasteiger partial charge in [0.2, 0.25) is 5.91 Å². The van der Waals surface area contributed by atoms with E-state index in [1.165, 1.54) is 5.56 Å². The first-order chi connectivity index (χ1) is 13.2. The monoisotopic (exact) mass is 366 g/mol. The normalized spacial score (nSPS) is 13.7. The third kappa shape index (κ3) is 4.58. The summed E-state index contributed by atoms with van der Waals surface area (Å²) in [5.41, 5.74) is 3.28. The topological polar surface area (TPSA) is 66.0 Å². The number of carbonyl (C=O) groups is 1. The largest absolute Gasteiger partial charge is 0.496 e. The first-order valence-electron chi connectivity index (χ1n) is 9.17. The lowest BCUT2D eigenvalue weighted by atomic mass is 10.0. The molecule has 1 aliphatic rings. The van der Waals surface area contributed by atoms with Gasteiger partial charge in [-0.2, -0.15) is 0 Å². The van der Waals surface area contributed by atoms with Crippen LogP contribution in [0.1, 0.15) is 17.5 Å². The Bertz CT molecular complexity index is 819. The number of methoxy groups -OCH3 is 1. The van der Waals surface area contributed by atoms with Crippen molar-refractivity contribution < 1.29 is 9.53 Å². The first-order valence-corrected chi connectivity index (χ1v) is 9.17. The smallest absolute Gasteiger partial charge is 0.246 e. The predicted molar refractivity (Wildman–Crippen MR) is 108 cm³/mol. The standard InChI is InChI=1S/C21H26N4O2/c1-22-21(23-14-17-9-4-6-12-19(17)27-2)24-15-20(26)25-13-7-10-16-8-3-5-11-18(16)25/h3-6,8-9,11-12H,7,10,13-15H2,1-2H3,(H2,22,23,24). The van der Waals surface area contributed by atoms with Crippen molar-refractivity contribution in [3.8, 4) is 5.75 Å². The van der Waals surface area contributed by atoms with Gasteiger partial charge in [0, 0.05) is 31.4 Å². The van der Waals surface area contributed by atoms with Crippen LogP contribution in [0.25, 0.3) is 0 Å². The lowest BCUT2D eigenvalue weighted by Gasteiger charge is -2.29. The third-order valence-electron chi connectivity index (χ3n) is 4.68. The zero-order chi connectivity index (χ0) is 19.1. The minimum atomic E-state index is 0.0439. The second-order valence-corrected chi connectivity index (χ2v) is 6.37. The molecular weight excluding hydrogens is 340 g/mol. The van der Waals surface area contributed by atoms with Gasteiger partial charge in [0.25, 0.3) is 0 Å². The Hall–Kier alpha value is -3.02. The van der Waals surface area contributed by atoms with Gasteiger partial charge >= 0.3 is 0 Å². The maximum Gasteiger partial charge on any atom is 0.246 e. The minimum Gasteiger partial charge on any atom is -0.496 e. The Morgan fingerprint density at radius 1 is 1.15 bits per heavy atom. The van der Waals surface area contributed by atoms with Crippen LogP contribution < -0.4 is 20.3 Å². The lowest BCUT2D eigenvalue weighted by molar-refractivity contribution is -0.117. The summed E-state index contributed by atoms with van der Waals surface area (Å²) < 4.78 is 5.36. The van der Waals surface area contributed by atoms with Crippen molar-refractivity contribution in [3.63, 3.8) is 0 Å². The molecule has 2 N–H and O–H groups in total. The molecule has 0 fully saturated rings. The summed E-state index contributed by atoms with van der Waals surface area (Å²) in [6.07, 6.45) is 2.01. The van der Waals surface area contributed by atoms with Gasteiger partial charge in [-0.05, 0) is 30.5 Å². The molecule has 0 unspecified atom stereocenters. The fourth-order valence-electron chi connectivity index (χ4n) is 3.30. The SMILES string of the molecule is CN=C(NCC(=O)N1CCCc2ccccc21)NCc1ccccc1OC. The fraction of sp³-hybridized carbons (Fsp3) is 0.333. The van der Waals surface area contributed by atoms with E-state index in [0.717, 1.165) is 36.4 Å². The number of aryl methyl sites for hydroxylation is 1. The van der Waals surface area contributed by atoms with Crippen LogP contribution in [0.3, 0.4) is 0 Å². The van der Waals surface area contributed by atoms with Crippen LogP contribution in [0.4, 0.5) is 5.69 Å². The van der Waals surface area contributed by atoms with E-state index >= 15 is 0 Å². The lowest BCUT2D eigenvalue weighted by Crippen LogP contribution is -2.45. The quantitative estimate of drug-likeness (QED) is 0.630. The van der Waals surface area contributed by atoms with E-state index in [-0.39, 0.29) is 12.5 Å². The van der Waals surface area contributed by atoms with Crippen molar-refractivity contribution in [2.45, 2.75) is 19.4 Å². The van der Waals surface area contributed by atoms with Gasteiger partial charge in [0.1, 0.15) is 5.75 Å². The minimum absolute atomic E-state index is 0.0439. The van der Waals surface area contributed by atoms with Crippen molar-refractivity contribution in [1.82, 2.24) is 10.6 Å². The summed E-state index contributed by atoms with van der Waals surface area (Å²) in [4.78, 5) is 18.8. The number of hydrogen-bond acceptors (Lipinski definition) is 3. The van der Waals surface area contributed by atoms with Crippen molar-refractivity contribution in [2.75, 3.05) is 32.1 Å². The van der Waals surface area contributed by atoms with Gasteiger partial charge in [-0.1, -0.05) is 36.4 Å². The van der Waals surface area contributed by atoms with Gasteiger partial charge in [-0.3, -0.25) is 9.79 Å². The second kappa shape index (κ2) is 9.07. The molecule has 27 heavy (non-hydrogen) atoms. The van der Waals surface area contributed by atoms with Gasteiger partial charge in [-0.25, -0.2) is 0 Å². The number of rotatable bonds is 5. The first kappa shape index (κ1) is 18.8. The number of carbonyl (C=O) groups excluding carboxylic acids is 1. The maximum atomic E-state index is 12.7. The van der Waals surface area contributed by atoms with Crippen LogP contribution in [0.15, 0.2) is 53.5 Å². The number of guanidine groups is 1. The molecule has 0 atom stereocenters. The van der Waals surface area contributed by atoms with Crippen LogP contribution in [0.5, 0.6) is 5.75 Å². The van der Waals surface area contributed by atoms with E-state index in [4.69, 9.17) is 4.74 Å². The van der Waals surface area contributed by atoms with Crippen molar-refractivity contribution in [2.24, 2.45) is 4.99 Å². The van der Waals surface area contributed by atoms with Crippen LogP contribution in [0, 0.1) is 0 Å². The molecule has 3 rings (SSSR count). The van der Waals surface area contributed by atoms with Crippen molar-refractivity contribution in [1.29, 1.82) is 0 Å². The summed E-state index contributed by atoms with van der Waals surface area (Å²) >= 11 is 0. The van der Waals surface area contributed by atoms with Gasteiger partial charge in [-0.15, -0.1) is 0 Å². The molecule has 0 saturated carbocycles. The number of aliphatic imine (C=N–C) groups is 1.